The molecule has 6 nitrogen and oxygen atoms in total. The van der Waals surface area contributed by atoms with Gasteiger partial charge >= 0.3 is 0 Å². The topological polar surface area (TPSA) is 104 Å². The molecule has 0 saturated carbocycles. The van der Waals surface area contributed by atoms with E-state index in [-0.39, 0.29) is 6.54 Å². The highest BCUT2D eigenvalue weighted by Crippen LogP contribution is 2.08. The molecule has 0 heterocycles. The largest absolute Gasteiger partial charge is 0.394 e. The summed E-state index contributed by atoms with van der Waals surface area (Å²) in [6.45, 7) is 2.53. The van der Waals surface area contributed by atoms with E-state index >= 15 is 0 Å². The monoisotopic (exact) mass is 293 g/mol. The summed E-state index contributed by atoms with van der Waals surface area (Å²) in [6, 6.07) is 0. The Morgan fingerprint density at radius 3 is 1.95 bits per heavy atom. The van der Waals surface area contributed by atoms with Crippen LogP contribution in [0.15, 0.2) is 0 Å². The molecule has 0 aliphatic heterocycles. The molecule has 0 fully saturated rings. The second kappa shape index (κ2) is 11.4. The van der Waals surface area contributed by atoms with Gasteiger partial charge in [-0.25, -0.2) is 0 Å². The fourth-order valence-corrected chi connectivity index (χ4v) is 2.07. The van der Waals surface area contributed by atoms with Gasteiger partial charge in [-0.3, -0.25) is 0 Å². The zero-order valence-corrected chi connectivity index (χ0v) is 12.6. The molecule has 4 atom stereocenters. The van der Waals surface area contributed by atoms with Crippen LogP contribution in [0.4, 0.5) is 0 Å². The van der Waals surface area contributed by atoms with Crippen LogP contribution in [0.2, 0.25) is 0 Å². The van der Waals surface area contributed by atoms with Crippen molar-refractivity contribution >= 4 is 0 Å². The van der Waals surface area contributed by atoms with Crippen LogP contribution >= 0.6 is 0 Å². The molecule has 0 radical (unpaired) electrons. The summed E-state index contributed by atoms with van der Waals surface area (Å²) in [5.41, 5.74) is 0. The van der Waals surface area contributed by atoms with Crippen molar-refractivity contribution in [3.63, 3.8) is 0 Å². The van der Waals surface area contributed by atoms with Crippen molar-refractivity contribution in [2.45, 2.75) is 63.4 Å². The summed E-state index contributed by atoms with van der Waals surface area (Å²) in [6.07, 6.45) is 0.182. The van der Waals surface area contributed by atoms with E-state index in [1.165, 1.54) is 19.3 Å². The maximum absolute atomic E-state index is 9.80. The van der Waals surface area contributed by atoms with Crippen molar-refractivity contribution < 1.29 is 25.5 Å². The Kier molecular flexibility index (Phi) is 11.3. The maximum atomic E-state index is 9.80. The quantitative estimate of drug-likeness (QED) is 0.306. The minimum Gasteiger partial charge on any atom is -0.394 e. The molecule has 0 saturated heterocycles. The molecule has 0 spiro atoms. The smallest absolute Gasteiger partial charge is 0.111 e. The van der Waals surface area contributed by atoms with Crippen molar-refractivity contribution in [2.75, 3.05) is 26.7 Å². The number of nitrogens with zero attached hydrogens (tertiary/aromatic N) is 1. The molecule has 122 valence electrons. The zero-order valence-electron chi connectivity index (χ0n) is 12.6. The lowest BCUT2D eigenvalue weighted by molar-refractivity contribution is -0.118. The Labute approximate surface area is 121 Å². The van der Waals surface area contributed by atoms with Crippen molar-refractivity contribution in [2.24, 2.45) is 0 Å². The zero-order chi connectivity index (χ0) is 15.5. The van der Waals surface area contributed by atoms with E-state index in [0.717, 1.165) is 19.4 Å². The summed E-state index contributed by atoms with van der Waals surface area (Å²) in [5, 5.41) is 46.9. The van der Waals surface area contributed by atoms with Gasteiger partial charge in [-0.05, 0) is 20.0 Å². The summed E-state index contributed by atoms with van der Waals surface area (Å²) < 4.78 is 0. The van der Waals surface area contributed by atoms with E-state index in [2.05, 4.69) is 6.92 Å². The second-order valence-electron chi connectivity index (χ2n) is 5.47. The fraction of sp³-hybridized carbons (Fsp3) is 1.00. The van der Waals surface area contributed by atoms with Gasteiger partial charge in [-0.15, -0.1) is 0 Å². The van der Waals surface area contributed by atoms with Crippen molar-refractivity contribution in [3.05, 3.63) is 0 Å². The molecule has 0 amide bonds. The van der Waals surface area contributed by atoms with E-state index in [9.17, 15) is 20.4 Å². The van der Waals surface area contributed by atoms with Gasteiger partial charge in [0.25, 0.3) is 0 Å². The molecule has 0 aliphatic rings. The average Bonchev–Trinajstić information content (AvgIpc) is 2.44. The van der Waals surface area contributed by atoms with Gasteiger partial charge in [0.1, 0.15) is 18.3 Å². The number of hydrogen-bond acceptors (Lipinski definition) is 6. The fourth-order valence-electron chi connectivity index (χ4n) is 2.07. The molecular formula is C14H31NO5. The van der Waals surface area contributed by atoms with Crippen molar-refractivity contribution in [1.29, 1.82) is 0 Å². The number of aliphatic hydroxyl groups excluding tert-OH is 5. The van der Waals surface area contributed by atoms with Crippen LogP contribution in [0.25, 0.3) is 0 Å². The third kappa shape index (κ3) is 8.14. The third-order valence-electron chi connectivity index (χ3n) is 3.47. The molecule has 6 heteroatoms. The Hall–Kier alpha value is -0.240. The van der Waals surface area contributed by atoms with Gasteiger partial charge in [0.2, 0.25) is 0 Å². The Bertz CT molecular complexity index is 230. The van der Waals surface area contributed by atoms with Crippen LogP contribution in [0, 0.1) is 0 Å². The van der Waals surface area contributed by atoms with Crippen LogP contribution in [0.3, 0.4) is 0 Å². The summed E-state index contributed by atoms with van der Waals surface area (Å²) >= 11 is 0. The molecule has 5 N–H and O–H groups in total. The Balaban J connectivity index is 3.90. The predicted molar refractivity (Wildman–Crippen MR) is 77.4 cm³/mol. The molecule has 0 aliphatic carbocycles. The summed E-state index contributed by atoms with van der Waals surface area (Å²) in [7, 11) is 1.84. The van der Waals surface area contributed by atoms with Gasteiger partial charge in [0.05, 0.1) is 12.7 Å². The first kappa shape index (κ1) is 19.8. The minimum absolute atomic E-state index is 0.212. The van der Waals surface area contributed by atoms with E-state index in [4.69, 9.17) is 5.11 Å². The molecule has 0 aromatic rings. The molecule has 0 aromatic heterocycles. The predicted octanol–water partition coefficient (Wildman–Crippen LogP) is -0.675. The average molecular weight is 293 g/mol. The lowest BCUT2D eigenvalue weighted by Crippen LogP contribution is -2.49. The number of unbranched alkanes of at least 4 members (excludes halogenated alkanes) is 4. The van der Waals surface area contributed by atoms with Crippen LogP contribution in [-0.2, 0) is 0 Å². The van der Waals surface area contributed by atoms with Crippen LogP contribution in [0.1, 0.15) is 39.0 Å². The highest BCUT2D eigenvalue weighted by atomic mass is 16.4. The molecular weight excluding hydrogens is 262 g/mol. The number of rotatable bonds is 12. The normalized spacial score (nSPS) is 18.0. The lowest BCUT2D eigenvalue weighted by atomic mass is 10.0. The molecule has 20 heavy (non-hydrogen) atoms. The maximum Gasteiger partial charge on any atom is 0.111 e. The summed E-state index contributed by atoms with van der Waals surface area (Å²) in [4.78, 5) is 1.89. The Morgan fingerprint density at radius 2 is 1.40 bits per heavy atom. The molecule has 0 unspecified atom stereocenters. The number of aliphatic hydroxyl groups is 5. The van der Waals surface area contributed by atoms with Crippen molar-refractivity contribution in [1.82, 2.24) is 4.90 Å². The van der Waals surface area contributed by atoms with Crippen molar-refractivity contribution in [3.8, 4) is 0 Å². The second-order valence-corrected chi connectivity index (χ2v) is 5.47. The first-order valence-electron chi connectivity index (χ1n) is 7.45. The highest BCUT2D eigenvalue weighted by Gasteiger charge is 2.30. The van der Waals surface area contributed by atoms with Gasteiger partial charge in [-0.2, -0.15) is 0 Å². The van der Waals surface area contributed by atoms with Gasteiger partial charge in [0, 0.05) is 6.54 Å². The van der Waals surface area contributed by atoms with Crippen LogP contribution < -0.4 is 0 Å². The number of hydrogen-bond donors (Lipinski definition) is 5. The minimum atomic E-state index is -1.55. The van der Waals surface area contributed by atoms with E-state index in [1.54, 1.807) is 0 Å². The van der Waals surface area contributed by atoms with Crippen LogP contribution in [0.5, 0.6) is 0 Å². The van der Waals surface area contributed by atoms with E-state index < -0.39 is 31.0 Å². The van der Waals surface area contributed by atoms with Gasteiger partial charge < -0.3 is 30.4 Å². The lowest BCUT2D eigenvalue weighted by Gasteiger charge is -2.28. The standard InChI is InChI=1S/C14H31NO5/c1-3-4-5-6-7-8-15(2)9-11(17)13(19)14(20)12(18)10-16/h11-14,16-20H,3-10H2,1-2H3/t11-,12+,13+,14+/m0/s1. The molecule has 0 rings (SSSR count). The van der Waals surface area contributed by atoms with Crippen LogP contribution in [-0.4, -0.2) is 81.6 Å². The SMILES string of the molecule is CCCCCCCN(C)C[C@H](O)[C@@H](O)[C@H](O)[C@H](O)CO. The highest BCUT2D eigenvalue weighted by molar-refractivity contribution is 4.81. The number of likely N-dealkylation sites (N-methyl/N-ethyl adjacent to an activating group) is 1. The van der Waals surface area contributed by atoms with E-state index in [0.29, 0.717) is 0 Å². The van der Waals surface area contributed by atoms with Gasteiger partial charge in [-0.1, -0.05) is 32.6 Å². The molecule has 0 aromatic carbocycles. The Morgan fingerprint density at radius 1 is 0.850 bits per heavy atom. The third-order valence-corrected chi connectivity index (χ3v) is 3.47. The van der Waals surface area contributed by atoms with Gasteiger partial charge in [0.15, 0.2) is 0 Å². The summed E-state index contributed by atoms with van der Waals surface area (Å²) in [5.74, 6) is 0. The van der Waals surface area contributed by atoms with E-state index in [1.807, 2.05) is 11.9 Å². The molecule has 0 bridgehead atoms. The first-order valence-corrected chi connectivity index (χ1v) is 7.45. The first-order chi connectivity index (χ1) is 9.43.